The van der Waals surface area contributed by atoms with E-state index < -0.39 is 0 Å². The van der Waals surface area contributed by atoms with Crippen molar-refractivity contribution in [2.45, 2.75) is 13.6 Å². The van der Waals surface area contributed by atoms with E-state index >= 15 is 0 Å². The molecule has 31 heavy (non-hydrogen) atoms. The number of carbonyl (C=O) groups excluding carboxylic acids is 1. The lowest BCUT2D eigenvalue weighted by molar-refractivity contribution is 0.111. The van der Waals surface area contributed by atoms with Crippen molar-refractivity contribution >= 4 is 44.3 Å². The summed E-state index contributed by atoms with van der Waals surface area (Å²) in [6.45, 7) is 2.95. The lowest BCUT2D eigenvalue weighted by Gasteiger charge is -1.86. The van der Waals surface area contributed by atoms with Gasteiger partial charge >= 0.3 is 0 Å². The predicted molar refractivity (Wildman–Crippen MR) is 138 cm³/mol. The molecule has 0 aliphatic rings. The maximum Gasteiger partial charge on any atom is 0.184 e. The molecule has 4 heterocycles. The van der Waals surface area contributed by atoms with Gasteiger partial charge in [-0.05, 0) is 2.67 Å². The van der Waals surface area contributed by atoms with Crippen LogP contribution in [0.5, 0.6) is 0 Å². The SMILES string of the molecule is Cn1ccnc1.[2H]B(C)S.[2H]B(C)S.[3H]c1ncc(C=O)n1C.[3H]c1nccn1C.c1c[nH]cn1. The third-order valence-electron chi connectivity index (χ3n) is 2.54. The molecule has 0 radical (unpaired) electrons. The first-order valence-electron chi connectivity index (χ1n) is 11.0. The van der Waals surface area contributed by atoms with Crippen LogP contribution in [0.15, 0.2) is 68.6 Å². The smallest absolute Gasteiger partial charge is 0.184 e. The molecule has 13 heteroatoms. The second-order valence-corrected chi connectivity index (χ2v) is 6.14. The Labute approximate surface area is 202 Å². The fourth-order valence-corrected chi connectivity index (χ4v) is 1.27. The van der Waals surface area contributed by atoms with Gasteiger partial charge in [-0.2, -0.15) is 0 Å². The second kappa shape index (κ2) is 23.6. The van der Waals surface area contributed by atoms with Crippen LogP contribution >= 0.6 is 25.0 Å². The molecule has 4 aromatic rings. The third-order valence-corrected chi connectivity index (χ3v) is 2.54. The molecule has 0 fully saturated rings. The molecule has 0 unspecified atom stereocenters. The highest BCUT2D eigenvalue weighted by molar-refractivity contribution is 8.06. The number of carbonyl (C=O) groups is 1. The average Bonchev–Trinajstić information content (AvgIpc) is 3.57. The maximum absolute atomic E-state index is 10.1. The van der Waals surface area contributed by atoms with Gasteiger partial charge in [0.25, 0.3) is 0 Å². The summed E-state index contributed by atoms with van der Waals surface area (Å²) < 4.78 is 31.8. The normalized spacial score (nSPS) is 9.77. The summed E-state index contributed by atoms with van der Waals surface area (Å²) in [5.41, 5.74) is 0.431. The Morgan fingerprint density at radius 3 is 1.81 bits per heavy atom. The molecule has 0 saturated carbocycles. The van der Waals surface area contributed by atoms with Crippen molar-refractivity contribution in [2.75, 3.05) is 0 Å². The van der Waals surface area contributed by atoms with Gasteiger partial charge in [-0.25, -0.2) is 44.9 Å². The number of rotatable bonds is 1. The highest BCUT2D eigenvalue weighted by atomic mass is 32.1. The molecule has 0 aliphatic heterocycles. The average molecular weight is 468 g/mol. The minimum absolute atomic E-state index is 0.108. The van der Waals surface area contributed by atoms with Crippen molar-refractivity contribution in [1.29, 1.82) is 2.67 Å². The van der Waals surface area contributed by atoms with Crippen LogP contribution in [0.1, 0.15) is 13.2 Å². The molecule has 4 aromatic heterocycles. The Kier molecular flexibility index (Phi) is 17.5. The molecule has 0 aromatic carbocycles. The highest BCUT2D eigenvalue weighted by Crippen LogP contribution is 1.88. The molecule has 0 amide bonds. The van der Waals surface area contributed by atoms with Gasteiger partial charge in [0.15, 0.2) is 19.3 Å². The predicted octanol–water partition coefficient (Wildman–Crippen LogP) is 2.11. The van der Waals surface area contributed by atoms with E-state index in [1.807, 2.05) is 17.8 Å². The van der Waals surface area contributed by atoms with Crippen LogP contribution in [0.4, 0.5) is 0 Å². The van der Waals surface area contributed by atoms with Crippen LogP contribution in [0.2, 0.25) is 13.6 Å². The first-order chi connectivity index (χ1) is 16.4. The van der Waals surface area contributed by atoms with Gasteiger partial charge in [-0.15, -0.1) is 0 Å². The van der Waals surface area contributed by atoms with Gasteiger partial charge < -0.3 is 18.7 Å². The number of nitrogens with zero attached hydrogens (tertiary/aromatic N) is 7. The van der Waals surface area contributed by atoms with Crippen molar-refractivity contribution in [2.24, 2.45) is 21.1 Å². The van der Waals surface area contributed by atoms with Gasteiger partial charge in [0.05, 0.1) is 31.5 Å². The Bertz CT molecular complexity index is 942. The molecule has 4 rings (SSSR count). The van der Waals surface area contributed by atoms with Crippen molar-refractivity contribution < 1.29 is 7.54 Å². The number of aldehydes is 1. The third kappa shape index (κ3) is 21.9. The number of aryl methyl sites for hydroxylation is 2. The molecule has 1 N–H and O–H groups in total. The number of aromatic nitrogens is 8. The molecule has 9 nitrogen and oxygen atoms in total. The minimum Gasteiger partial charge on any atom is -0.351 e. The lowest BCUT2D eigenvalue weighted by atomic mass is 10.2. The van der Waals surface area contributed by atoms with Crippen LogP contribution in [0.3, 0.4) is 0 Å². The number of aromatic amines is 1. The molecule has 0 aliphatic carbocycles. The number of hydrogen-bond acceptors (Lipinski definition) is 7. The molecule has 0 bridgehead atoms. The van der Waals surface area contributed by atoms with Crippen LogP contribution in [0, 0.1) is 0 Å². The summed E-state index contributed by atoms with van der Waals surface area (Å²) in [5.74, 6) is 0. The zero-order valence-corrected chi connectivity index (χ0v) is 20.2. The fraction of sp³-hybridized carbons (Fsp3) is 0.278. The first-order valence-corrected chi connectivity index (χ1v) is 9.88. The molecule has 168 valence electrons. The summed E-state index contributed by atoms with van der Waals surface area (Å²) >= 11 is 7.27. The number of H-pyrrole nitrogens is 1. The number of hydrogen-bond donors (Lipinski definition) is 3. The molecule has 0 saturated heterocycles. The molecular formula is C18H32B2N8OS2. The van der Waals surface area contributed by atoms with Gasteiger partial charge in [-0.1, -0.05) is 13.6 Å². The Morgan fingerprint density at radius 1 is 1.03 bits per heavy atom. The second-order valence-electron chi connectivity index (χ2n) is 5.10. The van der Waals surface area contributed by atoms with Gasteiger partial charge in [0.2, 0.25) is 0 Å². The van der Waals surface area contributed by atoms with E-state index in [4.69, 9.17) is 5.41 Å². The van der Waals surface area contributed by atoms with E-state index in [9.17, 15) is 4.79 Å². The zero-order chi connectivity index (χ0) is 27.2. The summed E-state index contributed by atoms with van der Waals surface area (Å²) in [4.78, 5) is 27.5. The summed E-state index contributed by atoms with van der Waals surface area (Å²) in [7, 11) is 5.35. The number of imidazole rings is 4. The minimum atomic E-state index is -0.222. The van der Waals surface area contributed by atoms with Crippen molar-refractivity contribution in [1.82, 2.24) is 38.6 Å². The van der Waals surface area contributed by atoms with Crippen molar-refractivity contribution in [3.63, 3.8) is 0 Å². The number of thiol groups is 2. The standard InChI is InChI=1S/C5H6N2O.2C4H6N2.C3H4N2.2CH5BS/c1-7-4-6-2-5(7)3-8;2*1-6-3-2-5-4-6;1-2-5-3-4-1;2*1-2-3/h2-4H,1H3;2*2-4H,1H3;1-3H,(H,4,5);2*2-3H,1H3/i2*4T;;;2*2D. The number of nitrogens with one attached hydrogen (secondary N) is 1. The van der Waals surface area contributed by atoms with E-state index in [1.165, 1.54) is 10.8 Å². The zero-order valence-electron chi connectivity index (χ0n) is 22.4. The van der Waals surface area contributed by atoms with E-state index in [-0.39, 0.29) is 19.3 Å². The van der Waals surface area contributed by atoms with Gasteiger partial charge in [0.1, 0.15) is 8.44 Å². The fourth-order valence-electron chi connectivity index (χ4n) is 1.27. The summed E-state index contributed by atoms with van der Waals surface area (Å²) in [6.07, 6.45) is 16.3. The molecule has 0 spiro atoms. The van der Waals surface area contributed by atoms with E-state index in [2.05, 4.69) is 49.9 Å². The first kappa shape index (κ1) is 23.0. The Hall–Kier alpha value is -2.66. The van der Waals surface area contributed by atoms with Crippen LogP contribution < -0.4 is 0 Å². The van der Waals surface area contributed by atoms with Gasteiger partial charge in [-0.3, -0.25) is 4.79 Å². The van der Waals surface area contributed by atoms with Crippen LogP contribution in [-0.4, -0.2) is 60.6 Å². The Balaban J connectivity index is 0. The van der Waals surface area contributed by atoms with Crippen molar-refractivity contribution in [3.8, 4) is 0 Å². The van der Waals surface area contributed by atoms with E-state index in [0.29, 0.717) is 18.3 Å². The molecular weight excluding hydrogens is 430 g/mol. The van der Waals surface area contributed by atoms with Crippen LogP contribution in [-0.2, 0) is 21.1 Å². The summed E-state index contributed by atoms with van der Waals surface area (Å²) in [5, 5.41) is 0. The van der Waals surface area contributed by atoms with Gasteiger partial charge in [0, 0.05) is 58.3 Å². The van der Waals surface area contributed by atoms with E-state index in [0.717, 1.165) is 0 Å². The van der Waals surface area contributed by atoms with E-state index in [1.54, 1.807) is 75.9 Å². The monoisotopic (exact) mass is 468 g/mol. The molecule has 0 atom stereocenters. The quantitative estimate of drug-likeness (QED) is 0.226. The van der Waals surface area contributed by atoms with Crippen LogP contribution in [0.25, 0.3) is 0 Å². The lowest BCUT2D eigenvalue weighted by Crippen LogP contribution is -1.90. The van der Waals surface area contributed by atoms with Crippen molar-refractivity contribution in [3.05, 3.63) is 74.3 Å². The highest BCUT2D eigenvalue weighted by Gasteiger charge is 1.90. The Morgan fingerprint density at radius 2 is 1.65 bits per heavy atom. The summed E-state index contributed by atoms with van der Waals surface area (Å²) in [6, 6.07) is 0. The maximum atomic E-state index is 10.1. The topological polar surface area (TPSA) is 99.2 Å². The largest absolute Gasteiger partial charge is 0.351 e.